The lowest BCUT2D eigenvalue weighted by Crippen LogP contribution is -2.02. The number of halogens is 3. The van der Waals surface area contributed by atoms with Crippen LogP contribution in [0, 0.1) is 10.5 Å². The highest BCUT2D eigenvalue weighted by molar-refractivity contribution is 14.1. The number of rotatable bonds is 2. The molecule has 2 nitrogen and oxygen atoms in total. The molecule has 0 saturated heterocycles. The molecular formula is C15H11Cl2IN2. The van der Waals surface area contributed by atoms with Crippen LogP contribution in [0.1, 0.15) is 11.4 Å². The van der Waals surface area contributed by atoms with Crippen molar-refractivity contribution in [1.29, 1.82) is 0 Å². The van der Waals surface area contributed by atoms with E-state index in [1.54, 1.807) is 0 Å². The lowest BCUT2D eigenvalue weighted by atomic mass is 10.2. The number of nitrogens with zero attached hydrogens (tertiary/aromatic N) is 2. The van der Waals surface area contributed by atoms with E-state index < -0.39 is 0 Å². The quantitative estimate of drug-likeness (QED) is 0.407. The zero-order valence-corrected chi connectivity index (χ0v) is 14.4. The molecule has 0 aliphatic heterocycles. The second-order valence-corrected chi connectivity index (χ2v) is 6.40. The Kier molecular flexibility index (Phi) is 3.93. The van der Waals surface area contributed by atoms with E-state index in [9.17, 15) is 0 Å². The van der Waals surface area contributed by atoms with Crippen LogP contribution >= 0.6 is 45.8 Å². The molecule has 3 rings (SSSR count). The smallest absolute Gasteiger partial charge is 0.129 e. The van der Waals surface area contributed by atoms with Gasteiger partial charge in [-0.3, -0.25) is 4.57 Å². The minimum absolute atomic E-state index is 0.368. The molecule has 0 fully saturated rings. The van der Waals surface area contributed by atoms with E-state index in [4.69, 9.17) is 23.2 Å². The first-order valence-corrected chi connectivity index (χ1v) is 8.09. The van der Waals surface area contributed by atoms with Crippen LogP contribution in [0.4, 0.5) is 0 Å². The number of hydrogen-bond acceptors (Lipinski definition) is 1. The van der Waals surface area contributed by atoms with Crippen LogP contribution in [0.15, 0.2) is 36.4 Å². The van der Waals surface area contributed by atoms with Gasteiger partial charge in [0.05, 0.1) is 22.6 Å². The Hall–Kier alpha value is -0.780. The van der Waals surface area contributed by atoms with Crippen molar-refractivity contribution in [2.75, 3.05) is 0 Å². The summed E-state index contributed by atoms with van der Waals surface area (Å²) >= 11 is 14.4. The van der Waals surface area contributed by atoms with Crippen LogP contribution in [-0.4, -0.2) is 9.55 Å². The second-order valence-electron chi connectivity index (χ2n) is 4.54. The molecule has 0 aliphatic carbocycles. The van der Waals surface area contributed by atoms with Crippen molar-refractivity contribution >= 4 is 56.8 Å². The van der Waals surface area contributed by atoms with Crippen molar-refractivity contribution in [2.24, 2.45) is 0 Å². The zero-order valence-electron chi connectivity index (χ0n) is 10.7. The lowest BCUT2D eigenvalue weighted by Gasteiger charge is -2.11. The summed E-state index contributed by atoms with van der Waals surface area (Å²) in [5, 5.41) is 0.728. The normalized spacial score (nSPS) is 11.2. The highest BCUT2D eigenvalue weighted by Crippen LogP contribution is 2.29. The number of benzene rings is 2. The number of aryl methyl sites for hydroxylation is 1. The molecule has 1 heterocycles. The Morgan fingerprint density at radius 3 is 2.75 bits per heavy atom. The summed E-state index contributed by atoms with van der Waals surface area (Å²) in [5.74, 6) is 1.21. The molecule has 2 aromatic carbocycles. The molecule has 1 aromatic heterocycles. The number of fused-ring (bicyclic) bond motifs is 1. The van der Waals surface area contributed by atoms with Gasteiger partial charge in [0, 0.05) is 8.59 Å². The van der Waals surface area contributed by atoms with Gasteiger partial charge in [-0.05, 0) is 59.3 Å². The van der Waals surface area contributed by atoms with Gasteiger partial charge in [-0.2, -0.15) is 0 Å². The average Bonchev–Trinajstić information content (AvgIpc) is 2.79. The Labute approximate surface area is 140 Å². The van der Waals surface area contributed by atoms with Crippen molar-refractivity contribution < 1.29 is 0 Å². The standard InChI is InChI=1S/C15H11Cl2IN2/c1-9-3-2-4-12-15(9)20(14(8-16)19-12)13-6-5-10(17)7-11(13)18/h2-7H,8H2,1H3. The molecule has 3 aromatic rings. The van der Waals surface area contributed by atoms with Crippen LogP contribution in [0.5, 0.6) is 0 Å². The summed E-state index contributed by atoms with van der Waals surface area (Å²) in [4.78, 5) is 4.63. The molecule has 5 heteroatoms. The number of imidazole rings is 1. The first-order valence-electron chi connectivity index (χ1n) is 6.10. The second kappa shape index (κ2) is 5.54. The molecule has 0 unspecified atom stereocenters. The Morgan fingerprint density at radius 2 is 2.05 bits per heavy atom. The molecule has 0 bridgehead atoms. The minimum Gasteiger partial charge on any atom is -0.294 e. The number of alkyl halides is 1. The van der Waals surface area contributed by atoms with Crippen molar-refractivity contribution in [1.82, 2.24) is 9.55 Å². The van der Waals surface area contributed by atoms with E-state index in [0.29, 0.717) is 5.88 Å². The van der Waals surface area contributed by atoms with Crippen LogP contribution in [0.3, 0.4) is 0 Å². The number of aromatic nitrogens is 2. The fourth-order valence-corrected chi connectivity index (χ4v) is 3.65. The minimum atomic E-state index is 0.368. The summed E-state index contributed by atoms with van der Waals surface area (Å²) < 4.78 is 3.19. The summed E-state index contributed by atoms with van der Waals surface area (Å²) in [6.45, 7) is 2.08. The maximum Gasteiger partial charge on any atom is 0.129 e. The van der Waals surface area contributed by atoms with Gasteiger partial charge >= 0.3 is 0 Å². The monoisotopic (exact) mass is 416 g/mol. The van der Waals surface area contributed by atoms with Crippen molar-refractivity contribution in [3.8, 4) is 5.69 Å². The van der Waals surface area contributed by atoms with Gasteiger partial charge in [0.1, 0.15) is 5.82 Å². The molecule has 0 aliphatic rings. The first kappa shape index (κ1) is 14.2. The van der Waals surface area contributed by atoms with Crippen molar-refractivity contribution in [2.45, 2.75) is 12.8 Å². The van der Waals surface area contributed by atoms with E-state index >= 15 is 0 Å². The fraction of sp³-hybridized carbons (Fsp3) is 0.133. The molecule has 0 atom stereocenters. The van der Waals surface area contributed by atoms with Gasteiger partial charge in [-0.15, -0.1) is 11.6 Å². The van der Waals surface area contributed by atoms with Crippen molar-refractivity contribution in [3.63, 3.8) is 0 Å². The van der Waals surface area contributed by atoms with E-state index in [2.05, 4.69) is 45.1 Å². The van der Waals surface area contributed by atoms with Gasteiger partial charge in [0.2, 0.25) is 0 Å². The van der Waals surface area contributed by atoms with E-state index in [1.165, 1.54) is 5.56 Å². The molecule has 0 amide bonds. The van der Waals surface area contributed by atoms with E-state index in [1.807, 2.05) is 30.3 Å². The predicted octanol–water partition coefficient (Wildman–Crippen LogP) is 5.33. The van der Waals surface area contributed by atoms with Gasteiger partial charge < -0.3 is 0 Å². The molecule has 20 heavy (non-hydrogen) atoms. The van der Waals surface area contributed by atoms with Crippen LogP contribution in [0.25, 0.3) is 16.7 Å². The SMILES string of the molecule is Cc1cccc2nc(CCl)n(-c3ccc(Cl)cc3I)c12. The maximum absolute atomic E-state index is 6.08. The number of hydrogen-bond donors (Lipinski definition) is 0. The average molecular weight is 417 g/mol. The number of para-hydroxylation sites is 1. The summed E-state index contributed by atoms with van der Waals surface area (Å²) in [7, 11) is 0. The molecule has 102 valence electrons. The van der Waals surface area contributed by atoms with Crippen molar-refractivity contribution in [3.05, 3.63) is 56.4 Å². The van der Waals surface area contributed by atoms with Gasteiger partial charge in [0.25, 0.3) is 0 Å². The lowest BCUT2D eigenvalue weighted by molar-refractivity contribution is 0.974. The third-order valence-electron chi connectivity index (χ3n) is 3.22. The summed E-state index contributed by atoms with van der Waals surface area (Å²) in [5.41, 5.74) is 4.30. The van der Waals surface area contributed by atoms with Crippen LogP contribution < -0.4 is 0 Å². The maximum atomic E-state index is 6.08. The van der Waals surface area contributed by atoms with Crippen LogP contribution in [0.2, 0.25) is 5.02 Å². The van der Waals surface area contributed by atoms with Crippen LogP contribution in [-0.2, 0) is 5.88 Å². The topological polar surface area (TPSA) is 17.8 Å². The largest absolute Gasteiger partial charge is 0.294 e. The molecular weight excluding hydrogens is 406 g/mol. The summed E-state index contributed by atoms with van der Waals surface area (Å²) in [6.07, 6.45) is 0. The highest BCUT2D eigenvalue weighted by atomic mass is 127. The third-order valence-corrected chi connectivity index (χ3v) is 4.56. The third kappa shape index (κ3) is 2.32. The molecule has 0 spiro atoms. The first-order chi connectivity index (χ1) is 9.61. The van der Waals surface area contributed by atoms with Gasteiger partial charge in [0.15, 0.2) is 0 Å². The van der Waals surface area contributed by atoms with E-state index in [0.717, 1.165) is 31.1 Å². The molecule has 0 N–H and O–H groups in total. The van der Waals surface area contributed by atoms with Gasteiger partial charge in [-0.25, -0.2) is 4.98 Å². The Morgan fingerprint density at radius 1 is 1.25 bits per heavy atom. The summed E-state index contributed by atoms with van der Waals surface area (Å²) in [6, 6.07) is 12.0. The highest BCUT2D eigenvalue weighted by Gasteiger charge is 2.15. The fourth-order valence-electron chi connectivity index (χ4n) is 2.35. The Bertz CT molecular complexity index is 796. The zero-order chi connectivity index (χ0) is 14.3. The predicted molar refractivity (Wildman–Crippen MR) is 93.1 cm³/mol. The molecule has 0 radical (unpaired) electrons. The van der Waals surface area contributed by atoms with Gasteiger partial charge in [-0.1, -0.05) is 23.7 Å². The Balaban J connectivity index is 2.39. The molecule has 0 saturated carbocycles. The van der Waals surface area contributed by atoms with E-state index in [-0.39, 0.29) is 0 Å².